The lowest BCUT2D eigenvalue weighted by Crippen LogP contribution is -2.33. The summed E-state index contributed by atoms with van der Waals surface area (Å²) >= 11 is 0. The highest BCUT2D eigenvalue weighted by molar-refractivity contribution is 4.87. The summed E-state index contributed by atoms with van der Waals surface area (Å²) in [6, 6.07) is 0. The Morgan fingerprint density at radius 2 is 2.23 bits per heavy atom. The number of hydrogen-bond acceptors (Lipinski definition) is 2. The summed E-state index contributed by atoms with van der Waals surface area (Å²) < 4.78 is 0. The number of aliphatic hydroxyl groups excluding tert-OH is 1. The maximum atomic E-state index is 9.22. The fourth-order valence-electron chi connectivity index (χ4n) is 2.45. The van der Waals surface area contributed by atoms with E-state index in [0.29, 0.717) is 6.61 Å². The molecule has 1 N–H and O–H groups in total. The van der Waals surface area contributed by atoms with E-state index in [1.54, 1.807) is 0 Å². The first-order valence-electron chi connectivity index (χ1n) is 5.55. The third kappa shape index (κ3) is 2.05. The van der Waals surface area contributed by atoms with Gasteiger partial charge in [0.05, 0.1) is 0 Å². The van der Waals surface area contributed by atoms with Gasteiger partial charge in [-0.15, -0.1) is 0 Å². The number of hydrogen-bond donors (Lipinski definition) is 1. The van der Waals surface area contributed by atoms with Crippen molar-refractivity contribution in [2.75, 3.05) is 26.2 Å². The van der Waals surface area contributed by atoms with Crippen LogP contribution >= 0.6 is 0 Å². The van der Waals surface area contributed by atoms with Gasteiger partial charge >= 0.3 is 0 Å². The monoisotopic (exact) mass is 183 g/mol. The smallest absolute Gasteiger partial charge is 0.0497 e. The molecule has 0 amide bonds. The molecule has 0 bridgehead atoms. The largest absolute Gasteiger partial charge is 0.396 e. The van der Waals surface area contributed by atoms with E-state index in [-0.39, 0.29) is 5.41 Å². The van der Waals surface area contributed by atoms with Gasteiger partial charge in [0, 0.05) is 25.1 Å². The van der Waals surface area contributed by atoms with Gasteiger partial charge in [0.1, 0.15) is 0 Å². The highest BCUT2D eigenvalue weighted by atomic mass is 16.3. The van der Waals surface area contributed by atoms with Crippen molar-refractivity contribution in [3.05, 3.63) is 0 Å². The Labute approximate surface area is 80.9 Å². The maximum Gasteiger partial charge on any atom is 0.0497 e. The molecule has 0 spiro atoms. The van der Waals surface area contributed by atoms with E-state index in [1.807, 2.05) is 0 Å². The Bertz CT molecular complexity index is 179. The normalized spacial score (nSPS) is 36.5. The zero-order chi connectivity index (χ0) is 9.31. The van der Waals surface area contributed by atoms with E-state index in [9.17, 15) is 5.11 Å². The number of rotatable bonds is 3. The van der Waals surface area contributed by atoms with Crippen LogP contribution in [-0.2, 0) is 0 Å². The van der Waals surface area contributed by atoms with Crippen LogP contribution in [-0.4, -0.2) is 36.2 Å². The lowest BCUT2D eigenvalue weighted by atomic mass is 9.85. The first kappa shape index (κ1) is 9.47. The zero-order valence-corrected chi connectivity index (χ0v) is 8.63. The minimum atomic E-state index is 0.198. The Kier molecular flexibility index (Phi) is 2.61. The molecule has 1 atom stereocenters. The minimum Gasteiger partial charge on any atom is -0.396 e. The molecule has 1 saturated heterocycles. The molecule has 1 aliphatic heterocycles. The summed E-state index contributed by atoms with van der Waals surface area (Å²) in [5, 5.41) is 9.22. The average molecular weight is 183 g/mol. The van der Waals surface area contributed by atoms with Crippen molar-refractivity contribution < 1.29 is 5.11 Å². The summed E-state index contributed by atoms with van der Waals surface area (Å²) in [5.41, 5.74) is 0.198. The molecule has 0 aromatic carbocycles. The van der Waals surface area contributed by atoms with E-state index >= 15 is 0 Å². The van der Waals surface area contributed by atoms with Crippen molar-refractivity contribution in [1.82, 2.24) is 4.90 Å². The van der Waals surface area contributed by atoms with Gasteiger partial charge in [-0.25, -0.2) is 0 Å². The van der Waals surface area contributed by atoms with E-state index < -0.39 is 0 Å². The van der Waals surface area contributed by atoms with Crippen LogP contribution in [0, 0.1) is 11.3 Å². The van der Waals surface area contributed by atoms with Gasteiger partial charge < -0.3 is 10.0 Å². The predicted octanol–water partition coefficient (Wildman–Crippen LogP) is 1.49. The Hall–Kier alpha value is -0.0800. The minimum absolute atomic E-state index is 0.198. The molecule has 0 aromatic heterocycles. The molecular weight excluding hydrogens is 162 g/mol. The lowest BCUT2D eigenvalue weighted by Gasteiger charge is -2.30. The summed E-state index contributed by atoms with van der Waals surface area (Å²) in [7, 11) is 0. The second-order valence-electron chi connectivity index (χ2n) is 5.25. The Morgan fingerprint density at radius 1 is 1.46 bits per heavy atom. The first-order chi connectivity index (χ1) is 6.22. The van der Waals surface area contributed by atoms with Gasteiger partial charge in [-0.2, -0.15) is 0 Å². The van der Waals surface area contributed by atoms with Crippen LogP contribution in [0.3, 0.4) is 0 Å². The molecule has 1 heterocycles. The van der Waals surface area contributed by atoms with Gasteiger partial charge in [-0.3, -0.25) is 0 Å². The fourth-order valence-corrected chi connectivity index (χ4v) is 2.45. The van der Waals surface area contributed by atoms with Gasteiger partial charge in [-0.1, -0.05) is 13.3 Å². The van der Waals surface area contributed by atoms with Gasteiger partial charge in [0.15, 0.2) is 0 Å². The van der Waals surface area contributed by atoms with Crippen LogP contribution in [0.1, 0.15) is 32.6 Å². The van der Waals surface area contributed by atoms with Crippen molar-refractivity contribution in [2.24, 2.45) is 11.3 Å². The van der Waals surface area contributed by atoms with Gasteiger partial charge in [-0.05, 0) is 31.7 Å². The third-order valence-corrected chi connectivity index (χ3v) is 3.76. The molecule has 2 rings (SSSR count). The second kappa shape index (κ2) is 3.58. The second-order valence-corrected chi connectivity index (χ2v) is 5.25. The molecule has 0 radical (unpaired) electrons. The van der Waals surface area contributed by atoms with Crippen molar-refractivity contribution in [3.63, 3.8) is 0 Å². The molecule has 2 heteroatoms. The molecule has 1 saturated carbocycles. The van der Waals surface area contributed by atoms with Crippen molar-refractivity contribution >= 4 is 0 Å². The lowest BCUT2D eigenvalue weighted by molar-refractivity contribution is 0.133. The van der Waals surface area contributed by atoms with Crippen molar-refractivity contribution in [1.29, 1.82) is 0 Å². The standard InChI is InChI=1S/C11H21NO/c1-11(9-13)5-6-12(8-11)7-10-3-2-4-10/h10,13H,2-9H2,1H3. The van der Waals surface area contributed by atoms with Crippen molar-refractivity contribution in [2.45, 2.75) is 32.6 Å². The molecule has 13 heavy (non-hydrogen) atoms. The van der Waals surface area contributed by atoms with Crippen LogP contribution in [0.2, 0.25) is 0 Å². The summed E-state index contributed by atoms with van der Waals surface area (Å²) in [5.74, 6) is 0.973. The highest BCUT2D eigenvalue weighted by Gasteiger charge is 2.34. The van der Waals surface area contributed by atoms with Crippen LogP contribution < -0.4 is 0 Å². The topological polar surface area (TPSA) is 23.5 Å². The molecule has 0 aromatic rings. The Balaban J connectivity index is 1.77. The van der Waals surface area contributed by atoms with Crippen molar-refractivity contribution in [3.8, 4) is 0 Å². The molecule has 1 aliphatic carbocycles. The first-order valence-corrected chi connectivity index (χ1v) is 5.55. The van der Waals surface area contributed by atoms with Crippen LogP contribution in [0.25, 0.3) is 0 Å². The SMILES string of the molecule is CC1(CO)CCN(CC2CCC2)C1. The van der Waals surface area contributed by atoms with E-state index in [4.69, 9.17) is 0 Å². The summed E-state index contributed by atoms with van der Waals surface area (Å²) in [4.78, 5) is 2.54. The quantitative estimate of drug-likeness (QED) is 0.716. The average Bonchev–Trinajstić information content (AvgIpc) is 2.42. The highest BCUT2D eigenvalue weighted by Crippen LogP contribution is 2.33. The predicted molar refractivity (Wildman–Crippen MR) is 53.6 cm³/mol. The molecular formula is C11H21NO. The third-order valence-electron chi connectivity index (χ3n) is 3.76. The number of likely N-dealkylation sites (tertiary alicyclic amines) is 1. The van der Waals surface area contributed by atoms with Crippen LogP contribution in [0.15, 0.2) is 0 Å². The van der Waals surface area contributed by atoms with E-state index in [1.165, 1.54) is 38.8 Å². The summed E-state index contributed by atoms with van der Waals surface area (Å²) in [6.07, 6.45) is 5.49. The number of nitrogens with zero attached hydrogens (tertiary/aromatic N) is 1. The van der Waals surface area contributed by atoms with E-state index in [0.717, 1.165) is 12.5 Å². The molecule has 2 aliphatic rings. The Morgan fingerprint density at radius 3 is 2.69 bits per heavy atom. The molecule has 2 nitrogen and oxygen atoms in total. The molecule has 2 fully saturated rings. The fraction of sp³-hybridized carbons (Fsp3) is 1.00. The zero-order valence-electron chi connectivity index (χ0n) is 8.63. The summed E-state index contributed by atoms with van der Waals surface area (Å²) in [6.45, 7) is 6.16. The van der Waals surface area contributed by atoms with Gasteiger partial charge in [0.25, 0.3) is 0 Å². The van der Waals surface area contributed by atoms with Crippen LogP contribution in [0.5, 0.6) is 0 Å². The van der Waals surface area contributed by atoms with E-state index in [2.05, 4.69) is 11.8 Å². The molecule has 1 unspecified atom stereocenters. The maximum absolute atomic E-state index is 9.22. The number of aliphatic hydroxyl groups is 1. The molecule has 76 valence electrons. The van der Waals surface area contributed by atoms with Gasteiger partial charge in [0.2, 0.25) is 0 Å². The van der Waals surface area contributed by atoms with Crippen LogP contribution in [0.4, 0.5) is 0 Å².